The van der Waals surface area contributed by atoms with Crippen LogP contribution in [-0.4, -0.2) is 21.0 Å². The van der Waals surface area contributed by atoms with Crippen LogP contribution in [0.15, 0.2) is 24.4 Å². The van der Waals surface area contributed by atoms with E-state index in [1.54, 1.807) is 0 Å². The third-order valence-electron chi connectivity index (χ3n) is 3.55. The molecule has 3 rings (SSSR count). The van der Waals surface area contributed by atoms with Gasteiger partial charge in [0.2, 0.25) is 0 Å². The van der Waals surface area contributed by atoms with Gasteiger partial charge in [-0.15, -0.1) is 5.10 Å². The van der Waals surface area contributed by atoms with Gasteiger partial charge in [0, 0.05) is 29.7 Å². The summed E-state index contributed by atoms with van der Waals surface area (Å²) in [4.78, 5) is 0. The molecule has 1 heterocycles. The Labute approximate surface area is 124 Å². The second-order valence-electron chi connectivity index (χ2n) is 5.30. The lowest BCUT2D eigenvalue weighted by molar-refractivity contribution is 0.583. The Balaban J connectivity index is 1.91. The third kappa shape index (κ3) is 3.02. The van der Waals surface area contributed by atoms with Crippen LogP contribution in [0.5, 0.6) is 0 Å². The lowest BCUT2D eigenvalue weighted by Crippen LogP contribution is -2.16. The maximum atomic E-state index is 6.14. The number of hydrogen-bond acceptors (Lipinski definition) is 3. The highest BCUT2D eigenvalue weighted by atomic mass is 35.5. The predicted molar refractivity (Wildman–Crippen MR) is 80.6 cm³/mol. The summed E-state index contributed by atoms with van der Waals surface area (Å²) in [5.74, 6) is 0. The molecule has 1 saturated carbocycles. The zero-order chi connectivity index (χ0) is 13.9. The first kappa shape index (κ1) is 13.6. The Kier molecular flexibility index (Phi) is 4.03. The Morgan fingerprint density at radius 3 is 3.00 bits per heavy atom. The molecule has 1 N–H and O–H groups in total. The molecule has 0 spiro atoms. The van der Waals surface area contributed by atoms with Crippen molar-refractivity contribution < 1.29 is 0 Å². The molecule has 5 heteroatoms. The molecule has 1 fully saturated rings. The van der Waals surface area contributed by atoms with Gasteiger partial charge in [0.1, 0.15) is 0 Å². The van der Waals surface area contributed by atoms with Gasteiger partial charge < -0.3 is 5.32 Å². The van der Waals surface area contributed by atoms with Crippen molar-refractivity contribution in [3.63, 3.8) is 0 Å². The lowest BCUT2D eigenvalue weighted by Gasteiger charge is -2.12. The van der Waals surface area contributed by atoms with E-state index >= 15 is 0 Å². The quantitative estimate of drug-likeness (QED) is 0.888. The van der Waals surface area contributed by atoms with Crippen molar-refractivity contribution in [3.8, 4) is 11.3 Å². The molecule has 4 nitrogen and oxygen atoms in total. The minimum atomic E-state index is 0.681. The molecule has 20 heavy (non-hydrogen) atoms. The van der Waals surface area contributed by atoms with Gasteiger partial charge in [-0.2, -0.15) is 0 Å². The summed E-state index contributed by atoms with van der Waals surface area (Å²) in [6, 6.07) is 6.72. The van der Waals surface area contributed by atoms with Crippen LogP contribution in [0.2, 0.25) is 5.02 Å². The van der Waals surface area contributed by atoms with Crippen LogP contribution in [0, 0.1) is 0 Å². The molecule has 1 aromatic heterocycles. The topological polar surface area (TPSA) is 42.7 Å². The summed E-state index contributed by atoms with van der Waals surface area (Å²) in [5, 5.41) is 12.5. The molecule has 1 aromatic carbocycles. The van der Waals surface area contributed by atoms with E-state index in [2.05, 4.69) is 28.6 Å². The highest BCUT2D eigenvalue weighted by molar-refractivity contribution is 6.30. The van der Waals surface area contributed by atoms with E-state index in [0.29, 0.717) is 6.04 Å². The lowest BCUT2D eigenvalue weighted by atomic mass is 10.0. The molecule has 1 aliphatic rings. The number of aryl methyl sites for hydroxylation is 1. The highest BCUT2D eigenvalue weighted by Gasteiger charge is 2.21. The molecule has 0 atom stereocenters. The minimum Gasteiger partial charge on any atom is -0.310 e. The Morgan fingerprint density at radius 2 is 2.25 bits per heavy atom. The second-order valence-corrected chi connectivity index (χ2v) is 5.74. The van der Waals surface area contributed by atoms with Crippen molar-refractivity contribution in [2.75, 3.05) is 0 Å². The molecule has 1 aliphatic carbocycles. The smallest absolute Gasteiger partial charge is 0.0888 e. The fourth-order valence-corrected chi connectivity index (χ4v) is 2.54. The summed E-state index contributed by atoms with van der Waals surface area (Å²) in [5.41, 5.74) is 3.45. The molecule has 0 unspecified atom stereocenters. The van der Waals surface area contributed by atoms with Crippen LogP contribution < -0.4 is 5.32 Å². The third-order valence-corrected chi connectivity index (χ3v) is 3.79. The van der Waals surface area contributed by atoms with Crippen molar-refractivity contribution in [3.05, 3.63) is 35.0 Å². The van der Waals surface area contributed by atoms with E-state index in [1.165, 1.54) is 24.0 Å². The summed E-state index contributed by atoms with van der Waals surface area (Å²) in [6.07, 6.45) is 5.44. The maximum absolute atomic E-state index is 6.14. The number of benzene rings is 1. The molecular formula is C15H19ClN4. The Bertz CT molecular complexity index is 589. The second kappa shape index (κ2) is 5.94. The average Bonchev–Trinajstić information content (AvgIpc) is 3.16. The van der Waals surface area contributed by atoms with Gasteiger partial charge in [0.05, 0.1) is 11.9 Å². The van der Waals surface area contributed by atoms with E-state index in [0.717, 1.165) is 30.2 Å². The molecule has 0 amide bonds. The van der Waals surface area contributed by atoms with Gasteiger partial charge in [-0.05, 0) is 37.0 Å². The van der Waals surface area contributed by atoms with Gasteiger partial charge in [0.15, 0.2) is 0 Å². The number of hydrogen-bond donors (Lipinski definition) is 1. The Morgan fingerprint density at radius 1 is 1.40 bits per heavy atom. The van der Waals surface area contributed by atoms with Crippen LogP contribution in [0.4, 0.5) is 0 Å². The molecule has 0 aliphatic heterocycles. The zero-order valence-electron chi connectivity index (χ0n) is 11.6. The normalized spacial score (nSPS) is 14.7. The number of halogens is 1. The van der Waals surface area contributed by atoms with Gasteiger partial charge >= 0.3 is 0 Å². The van der Waals surface area contributed by atoms with Crippen molar-refractivity contribution in [2.45, 2.75) is 45.3 Å². The van der Waals surface area contributed by atoms with Crippen molar-refractivity contribution >= 4 is 11.6 Å². The van der Waals surface area contributed by atoms with Gasteiger partial charge in [-0.3, -0.25) is 0 Å². The summed E-state index contributed by atoms with van der Waals surface area (Å²) in [6.45, 7) is 3.87. The van der Waals surface area contributed by atoms with Crippen LogP contribution in [0.3, 0.4) is 0 Å². The summed E-state index contributed by atoms with van der Waals surface area (Å²) in [7, 11) is 0. The van der Waals surface area contributed by atoms with E-state index < -0.39 is 0 Å². The molecule has 0 radical (unpaired) electrons. The zero-order valence-corrected chi connectivity index (χ0v) is 12.4. The maximum Gasteiger partial charge on any atom is 0.0888 e. The van der Waals surface area contributed by atoms with Gasteiger partial charge in [-0.25, -0.2) is 4.68 Å². The summed E-state index contributed by atoms with van der Waals surface area (Å²) < 4.78 is 1.96. The predicted octanol–water partition coefficient (Wildman–Crippen LogP) is 3.26. The number of nitrogens with one attached hydrogen (secondary N) is 1. The van der Waals surface area contributed by atoms with E-state index in [9.17, 15) is 0 Å². The van der Waals surface area contributed by atoms with Crippen LogP contribution in [0.25, 0.3) is 11.3 Å². The highest BCUT2D eigenvalue weighted by Crippen LogP contribution is 2.27. The van der Waals surface area contributed by atoms with Crippen LogP contribution in [0.1, 0.15) is 31.7 Å². The molecule has 0 bridgehead atoms. The standard InChI is InChI=1S/C15H19ClN4/c1-2-7-20-15(10-18-19-20)14-6-3-12(16)8-11(14)9-17-13-4-5-13/h3,6,8,10,13,17H,2,4-5,7,9H2,1H3. The van der Waals surface area contributed by atoms with Crippen molar-refractivity contribution in [1.82, 2.24) is 20.3 Å². The number of nitrogens with zero attached hydrogens (tertiary/aromatic N) is 3. The fraction of sp³-hybridized carbons (Fsp3) is 0.467. The van der Waals surface area contributed by atoms with E-state index in [4.69, 9.17) is 11.6 Å². The molecule has 2 aromatic rings. The number of aromatic nitrogens is 3. The largest absolute Gasteiger partial charge is 0.310 e. The van der Waals surface area contributed by atoms with Crippen molar-refractivity contribution in [2.24, 2.45) is 0 Å². The SMILES string of the molecule is CCCn1nncc1-c1ccc(Cl)cc1CNC1CC1. The van der Waals surface area contributed by atoms with Crippen LogP contribution in [-0.2, 0) is 13.1 Å². The fourth-order valence-electron chi connectivity index (χ4n) is 2.34. The van der Waals surface area contributed by atoms with Gasteiger partial charge in [-0.1, -0.05) is 29.8 Å². The monoisotopic (exact) mass is 290 g/mol. The van der Waals surface area contributed by atoms with Crippen molar-refractivity contribution in [1.29, 1.82) is 0 Å². The van der Waals surface area contributed by atoms with E-state index in [1.807, 2.05) is 23.0 Å². The molecule has 106 valence electrons. The first-order chi connectivity index (χ1) is 9.78. The average molecular weight is 291 g/mol. The minimum absolute atomic E-state index is 0.681. The van der Waals surface area contributed by atoms with Crippen LogP contribution >= 0.6 is 11.6 Å². The van der Waals surface area contributed by atoms with Gasteiger partial charge in [0.25, 0.3) is 0 Å². The number of rotatable bonds is 6. The molecule has 0 saturated heterocycles. The van der Waals surface area contributed by atoms with E-state index in [-0.39, 0.29) is 0 Å². The summed E-state index contributed by atoms with van der Waals surface area (Å²) >= 11 is 6.14. The first-order valence-electron chi connectivity index (χ1n) is 7.18. The molecular weight excluding hydrogens is 272 g/mol. The first-order valence-corrected chi connectivity index (χ1v) is 7.56. The Hall–Kier alpha value is -1.39.